The summed E-state index contributed by atoms with van der Waals surface area (Å²) in [5, 5.41) is 10.0. The summed E-state index contributed by atoms with van der Waals surface area (Å²) in [6.45, 7) is 2.01. The molecule has 0 aliphatic carbocycles. The van der Waals surface area contributed by atoms with Crippen molar-refractivity contribution in [3.05, 3.63) is 30.0 Å². The summed E-state index contributed by atoms with van der Waals surface area (Å²) >= 11 is 0. The fourth-order valence-corrected chi connectivity index (χ4v) is 2.24. The van der Waals surface area contributed by atoms with E-state index in [1.54, 1.807) is 6.20 Å². The van der Waals surface area contributed by atoms with Crippen LogP contribution in [0, 0.1) is 6.92 Å². The molecule has 0 saturated heterocycles. The van der Waals surface area contributed by atoms with Crippen molar-refractivity contribution in [1.29, 1.82) is 0 Å². The van der Waals surface area contributed by atoms with Gasteiger partial charge in [-0.15, -0.1) is 0 Å². The van der Waals surface area contributed by atoms with Crippen LogP contribution in [0.5, 0.6) is 0 Å². The summed E-state index contributed by atoms with van der Waals surface area (Å²) in [7, 11) is 1.86. The number of benzene rings is 1. The summed E-state index contributed by atoms with van der Waals surface area (Å²) in [5.74, 6) is 0.430. The predicted octanol–water partition coefficient (Wildman–Crippen LogP) is 2.23. The van der Waals surface area contributed by atoms with Crippen LogP contribution < -0.4 is 5.48 Å². The van der Waals surface area contributed by atoms with Crippen LogP contribution in [-0.2, 0) is 7.05 Å². The Kier molecular flexibility index (Phi) is 2.02. The summed E-state index contributed by atoms with van der Waals surface area (Å²) < 4.78 is 1.83. The van der Waals surface area contributed by atoms with E-state index in [4.69, 9.17) is 5.21 Å². The average Bonchev–Trinajstić information content (AvgIpc) is 2.67. The Morgan fingerprint density at radius 3 is 3.00 bits per heavy atom. The van der Waals surface area contributed by atoms with Crippen molar-refractivity contribution < 1.29 is 5.21 Å². The minimum Gasteiger partial charge on any atom is -0.311 e. The molecule has 2 heterocycles. The molecule has 0 amide bonds. The van der Waals surface area contributed by atoms with Crippen LogP contribution in [0.2, 0.25) is 0 Å². The molecule has 0 spiro atoms. The zero-order valence-corrected chi connectivity index (χ0v) is 9.60. The smallest absolute Gasteiger partial charge is 0.227 e. The van der Waals surface area contributed by atoms with E-state index < -0.39 is 0 Å². The van der Waals surface area contributed by atoms with E-state index in [0.717, 1.165) is 27.5 Å². The van der Waals surface area contributed by atoms with Crippen molar-refractivity contribution >= 4 is 27.9 Å². The van der Waals surface area contributed by atoms with Crippen LogP contribution in [0.15, 0.2) is 24.4 Å². The van der Waals surface area contributed by atoms with E-state index in [2.05, 4.69) is 15.4 Å². The Labute approximate surface area is 97.7 Å². The second kappa shape index (κ2) is 3.43. The molecule has 86 valence electrons. The molecule has 1 aromatic carbocycles. The van der Waals surface area contributed by atoms with Gasteiger partial charge in [0, 0.05) is 18.6 Å². The third kappa shape index (κ3) is 1.29. The van der Waals surface area contributed by atoms with Crippen molar-refractivity contribution in [1.82, 2.24) is 14.5 Å². The van der Waals surface area contributed by atoms with Gasteiger partial charge in [-0.25, -0.2) is 10.5 Å². The first-order chi connectivity index (χ1) is 8.22. The number of aromatic nitrogens is 3. The summed E-state index contributed by atoms with van der Waals surface area (Å²) in [5.41, 5.74) is 5.97. The number of hydrogen-bond donors (Lipinski definition) is 2. The summed E-state index contributed by atoms with van der Waals surface area (Å²) in [6.07, 6.45) is 1.77. The van der Waals surface area contributed by atoms with Crippen molar-refractivity contribution in [2.75, 3.05) is 5.48 Å². The third-order valence-electron chi connectivity index (χ3n) is 3.02. The number of pyridine rings is 1. The number of aryl methyl sites for hydroxylation is 2. The maximum atomic E-state index is 9.03. The minimum absolute atomic E-state index is 0.430. The van der Waals surface area contributed by atoms with Gasteiger partial charge in [0.15, 0.2) is 0 Å². The Balaban J connectivity index is 2.57. The molecule has 0 saturated carbocycles. The van der Waals surface area contributed by atoms with Crippen LogP contribution in [0.1, 0.15) is 5.56 Å². The van der Waals surface area contributed by atoms with E-state index in [1.807, 2.05) is 36.7 Å². The molecule has 17 heavy (non-hydrogen) atoms. The molecular formula is C12H12N4O. The maximum absolute atomic E-state index is 9.03. The number of rotatable bonds is 1. The standard InChI is InChI=1S/C12H12N4O/c1-7-6-9-8(4-3-5-13-9)10-11(7)16(2)12(14-10)15-17/h3-6,17H,1-2H3,(H,14,15). The number of fused-ring (bicyclic) bond motifs is 3. The van der Waals surface area contributed by atoms with Gasteiger partial charge in [-0.3, -0.25) is 10.2 Å². The van der Waals surface area contributed by atoms with Gasteiger partial charge >= 0.3 is 0 Å². The molecule has 0 unspecified atom stereocenters. The minimum atomic E-state index is 0.430. The predicted molar refractivity (Wildman–Crippen MR) is 66.2 cm³/mol. The van der Waals surface area contributed by atoms with Gasteiger partial charge in [-0.2, -0.15) is 0 Å². The molecular weight excluding hydrogens is 216 g/mol. The number of imidazole rings is 1. The van der Waals surface area contributed by atoms with Crippen LogP contribution in [-0.4, -0.2) is 19.7 Å². The van der Waals surface area contributed by atoms with E-state index in [0.29, 0.717) is 5.95 Å². The number of nitrogens with one attached hydrogen (secondary N) is 1. The molecule has 0 aliphatic rings. The molecule has 2 aromatic heterocycles. The van der Waals surface area contributed by atoms with Crippen molar-refractivity contribution in [3.8, 4) is 0 Å². The molecule has 0 atom stereocenters. The lowest BCUT2D eigenvalue weighted by Crippen LogP contribution is -1.99. The largest absolute Gasteiger partial charge is 0.311 e. The highest BCUT2D eigenvalue weighted by molar-refractivity contribution is 6.05. The normalized spacial score (nSPS) is 11.2. The van der Waals surface area contributed by atoms with Gasteiger partial charge < -0.3 is 4.57 Å². The van der Waals surface area contributed by atoms with Crippen LogP contribution in [0.25, 0.3) is 21.9 Å². The van der Waals surface area contributed by atoms with Crippen molar-refractivity contribution in [2.24, 2.45) is 7.05 Å². The second-order valence-electron chi connectivity index (χ2n) is 4.07. The van der Waals surface area contributed by atoms with Gasteiger partial charge in [0.25, 0.3) is 0 Å². The van der Waals surface area contributed by atoms with Crippen molar-refractivity contribution in [2.45, 2.75) is 6.92 Å². The lowest BCUT2D eigenvalue weighted by atomic mass is 10.1. The number of hydrogen-bond acceptors (Lipinski definition) is 4. The van der Waals surface area contributed by atoms with E-state index in [9.17, 15) is 0 Å². The van der Waals surface area contributed by atoms with E-state index in [-0.39, 0.29) is 0 Å². The van der Waals surface area contributed by atoms with Crippen LogP contribution in [0.3, 0.4) is 0 Å². The Morgan fingerprint density at radius 1 is 1.41 bits per heavy atom. The Hall–Kier alpha value is -2.14. The monoisotopic (exact) mass is 228 g/mol. The highest BCUT2D eigenvalue weighted by Crippen LogP contribution is 2.28. The first-order valence-corrected chi connectivity index (χ1v) is 5.33. The first-order valence-electron chi connectivity index (χ1n) is 5.33. The Bertz CT molecular complexity index is 717. The topological polar surface area (TPSA) is 63.0 Å². The molecule has 0 fully saturated rings. The maximum Gasteiger partial charge on any atom is 0.227 e. The molecule has 0 radical (unpaired) electrons. The molecule has 3 rings (SSSR count). The fraction of sp³-hybridized carbons (Fsp3) is 0.167. The van der Waals surface area contributed by atoms with Gasteiger partial charge in [-0.1, -0.05) is 0 Å². The first kappa shape index (κ1) is 10.0. The summed E-state index contributed by atoms with van der Waals surface area (Å²) in [4.78, 5) is 8.71. The van der Waals surface area contributed by atoms with Crippen LogP contribution in [0.4, 0.5) is 5.95 Å². The van der Waals surface area contributed by atoms with Gasteiger partial charge in [-0.05, 0) is 30.7 Å². The lowest BCUT2D eigenvalue weighted by Gasteiger charge is -2.03. The highest BCUT2D eigenvalue weighted by atomic mass is 16.5. The Morgan fingerprint density at radius 2 is 2.24 bits per heavy atom. The average molecular weight is 228 g/mol. The van der Waals surface area contributed by atoms with E-state index >= 15 is 0 Å². The third-order valence-corrected chi connectivity index (χ3v) is 3.02. The van der Waals surface area contributed by atoms with Crippen LogP contribution >= 0.6 is 0 Å². The van der Waals surface area contributed by atoms with Crippen molar-refractivity contribution in [3.63, 3.8) is 0 Å². The van der Waals surface area contributed by atoms with Gasteiger partial charge in [0.1, 0.15) is 5.52 Å². The number of nitrogens with zero attached hydrogens (tertiary/aromatic N) is 3. The fourth-order valence-electron chi connectivity index (χ4n) is 2.24. The van der Waals surface area contributed by atoms with Gasteiger partial charge in [0.2, 0.25) is 5.95 Å². The second-order valence-corrected chi connectivity index (χ2v) is 4.07. The zero-order valence-electron chi connectivity index (χ0n) is 9.60. The zero-order chi connectivity index (χ0) is 12.0. The molecule has 2 N–H and O–H groups in total. The molecule has 0 aliphatic heterocycles. The molecule has 0 bridgehead atoms. The number of anilines is 1. The SMILES string of the molecule is Cc1cc2ncccc2c2nc(NO)n(C)c12. The van der Waals surface area contributed by atoms with Gasteiger partial charge in [0.05, 0.1) is 11.0 Å². The molecule has 5 nitrogen and oxygen atoms in total. The summed E-state index contributed by atoms with van der Waals surface area (Å²) in [6, 6.07) is 5.90. The quantitative estimate of drug-likeness (QED) is 0.627. The molecule has 3 aromatic rings. The lowest BCUT2D eigenvalue weighted by molar-refractivity contribution is 0.380. The molecule has 5 heteroatoms. The van der Waals surface area contributed by atoms with E-state index in [1.165, 1.54) is 0 Å². The highest BCUT2D eigenvalue weighted by Gasteiger charge is 2.12.